The molecule has 0 spiro atoms. The highest BCUT2D eigenvalue weighted by Crippen LogP contribution is 2.23. The van der Waals surface area contributed by atoms with Crippen LogP contribution >= 0.6 is 0 Å². The van der Waals surface area contributed by atoms with E-state index < -0.39 is 10.0 Å². The Bertz CT molecular complexity index is 695. The molecule has 134 valence electrons. The number of hydrogen-bond acceptors (Lipinski definition) is 5. The number of nitrogens with zero attached hydrogens (tertiary/aromatic N) is 3. The second-order valence-corrected chi connectivity index (χ2v) is 8.34. The zero-order valence-electron chi connectivity index (χ0n) is 14.7. The highest BCUT2D eigenvalue weighted by molar-refractivity contribution is 7.89. The predicted octanol–water partition coefficient (Wildman–Crippen LogP) is 0.398. The van der Waals surface area contributed by atoms with Crippen LogP contribution in [0.3, 0.4) is 0 Å². The van der Waals surface area contributed by atoms with Crippen LogP contribution in [0.25, 0.3) is 0 Å². The molecule has 0 saturated carbocycles. The molecule has 0 aliphatic carbocycles. The first-order valence-electron chi connectivity index (χ1n) is 7.84. The smallest absolute Gasteiger partial charge is 0.260 e. The van der Waals surface area contributed by atoms with E-state index in [9.17, 15) is 13.2 Å². The van der Waals surface area contributed by atoms with Crippen molar-refractivity contribution in [3.8, 4) is 5.75 Å². The summed E-state index contributed by atoms with van der Waals surface area (Å²) in [6.07, 6.45) is 0. The Morgan fingerprint density at radius 3 is 2.38 bits per heavy atom. The van der Waals surface area contributed by atoms with Gasteiger partial charge in [0.2, 0.25) is 10.0 Å². The van der Waals surface area contributed by atoms with Gasteiger partial charge in [0.05, 0.1) is 4.90 Å². The molecule has 24 heavy (non-hydrogen) atoms. The normalized spacial score (nSPS) is 16.5. The monoisotopic (exact) mass is 355 g/mol. The van der Waals surface area contributed by atoms with Gasteiger partial charge in [-0.2, -0.15) is 0 Å². The van der Waals surface area contributed by atoms with Crippen LogP contribution in [0.15, 0.2) is 23.1 Å². The van der Waals surface area contributed by atoms with E-state index in [2.05, 4.69) is 4.90 Å². The third-order valence-corrected chi connectivity index (χ3v) is 5.94. The Morgan fingerprint density at radius 2 is 1.83 bits per heavy atom. The van der Waals surface area contributed by atoms with Gasteiger partial charge in [-0.3, -0.25) is 4.79 Å². The molecule has 0 aromatic heterocycles. The first-order chi connectivity index (χ1) is 11.2. The molecular formula is C16H25N3O4S. The molecule has 1 aromatic carbocycles. The van der Waals surface area contributed by atoms with E-state index in [0.717, 1.165) is 13.1 Å². The SMILES string of the molecule is Cc1cc(S(=O)(=O)N(C)C)ccc1OCC(=O)N1CCN(C)CC1. The molecule has 0 unspecified atom stereocenters. The average Bonchev–Trinajstić information content (AvgIpc) is 2.53. The van der Waals surface area contributed by atoms with Crippen molar-refractivity contribution in [2.45, 2.75) is 11.8 Å². The van der Waals surface area contributed by atoms with Gasteiger partial charge in [-0.25, -0.2) is 12.7 Å². The third kappa shape index (κ3) is 4.25. The second kappa shape index (κ2) is 7.50. The lowest BCUT2D eigenvalue weighted by Gasteiger charge is -2.32. The standard InChI is InChI=1S/C16H25N3O4S/c1-13-11-14(24(21,22)17(2)3)5-6-15(13)23-12-16(20)19-9-7-18(4)8-10-19/h5-6,11H,7-10,12H2,1-4H3. The van der Waals surface area contributed by atoms with E-state index in [1.165, 1.54) is 24.5 Å². The summed E-state index contributed by atoms with van der Waals surface area (Å²) in [6.45, 7) is 4.87. The number of carbonyl (C=O) groups excluding carboxylic acids is 1. The summed E-state index contributed by atoms with van der Waals surface area (Å²) in [5.74, 6) is 0.475. The summed E-state index contributed by atoms with van der Waals surface area (Å²) in [7, 11) is 1.54. The van der Waals surface area contributed by atoms with Crippen LogP contribution in [-0.4, -0.2) is 82.4 Å². The summed E-state index contributed by atoms with van der Waals surface area (Å²) >= 11 is 0. The Kier molecular flexibility index (Phi) is 5.84. The maximum absolute atomic E-state index is 12.2. The molecule has 1 saturated heterocycles. The van der Waals surface area contributed by atoms with E-state index in [1.54, 1.807) is 24.0 Å². The van der Waals surface area contributed by atoms with E-state index in [1.807, 2.05) is 7.05 Å². The molecule has 0 radical (unpaired) electrons. The Balaban J connectivity index is 2.00. The first-order valence-corrected chi connectivity index (χ1v) is 9.28. The number of hydrogen-bond donors (Lipinski definition) is 0. The van der Waals surface area contributed by atoms with Crippen LogP contribution in [0.4, 0.5) is 0 Å². The molecule has 1 aliphatic rings. The van der Waals surface area contributed by atoms with Gasteiger partial charge in [0.15, 0.2) is 6.61 Å². The predicted molar refractivity (Wildman–Crippen MR) is 91.6 cm³/mol. The first kappa shape index (κ1) is 18.7. The van der Waals surface area contributed by atoms with E-state index in [4.69, 9.17) is 4.74 Å². The van der Waals surface area contributed by atoms with Crippen molar-refractivity contribution in [3.63, 3.8) is 0 Å². The second-order valence-electron chi connectivity index (χ2n) is 6.19. The van der Waals surface area contributed by atoms with Gasteiger partial charge >= 0.3 is 0 Å². The third-order valence-electron chi connectivity index (χ3n) is 4.13. The Morgan fingerprint density at radius 1 is 1.21 bits per heavy atom. The molecule has 0 atom stereocenters. The lowest BCUT2D eigenvalue weighted by molar-refractivity contribution is -0.134. The summed E-state index contributed by atoms with van der Waals surface area (Å²) < 4.78 is 31.0. The van der Waals surface area contributed by atoms with Gasteiger partial charge in [-0.1, -0.05) is 0 Å². The summed E-state index contributed by atoms with van der Waals surface area (Å²) in [5.41, 5.74) is 0.684. The highest BCUT2D eigenvalue weighted by Gasteiger charge is 2.21. The minimum absolute atomic E-state index is 0.0374. The van der Waals surface area contributed by atoms with Crippen LogP contribution in [0, 0.1) is 6.92 Å². The summed E-state index contributed by atoms with van der Waals surface area (Å²) in [4.78, 5) is 16.4. The number of amides is 1. The number of sulfonamides is 1. The summed E-state index contributed by atoms with van der Waals surface area (Å²) in [6, 6.07) is 4.66. The number of aryl methyl sites for hydroxylation is 1. The number of carbonyl (C=O) groups is 1. The average molecular weight is 355 g/mol. The van der Waals surface area contributed by atoms with Crippen molar-refractivity contribution in [1.82, 2.24) is 14.1 Å². The van der Waals surface area contributed by atoms with Gasteiger partial charge in [-0.05, 0) is 37.7 Å². The molecule has 1 heterocycles. The number of ether oxygens (including phenoxy) is 1. The van der Waals surface area contributed by atoms with Crippen molar-refractivity contribution < 1.29 is 17.9 Å². The van der Waals surface area contributed by atoms with Crippen LogP contribution in [-0.2, 0) is 14.8 Å². The molecular weight excluding hydrogens is 330 g/mol. The molecule has 1 aliphatic heterocycles. The Labute approximate surface area is 143 Å². The molecule has 0 N–H and O–H groups in total. The van der Waals surface area contributed by atoms with Crippen LogP contribution < -0.4 is 4.74 Å². The minimum atomic E-state index is -3.47. The zero-order valence-corrected chi connectivity index (χ0v) is 15.5. The van der Waals surface area contributed by atoms with Gasteiger partial charge < -0.3 is 14.5 Å². The van der Waals surface area contributed by atoms with Crippen LogP contribution in [0.1, 0.15) is 5.56 Å². The fraction of sp³-hybridized carbons (Fsp3) is 0.562. The lowest BCUT2D eigenvalue weighted by atomic mass is 10.2. The largest absolute Gasteiger partial charge is 0.483 e. The van der Waals surface area contributed by atoms with Crippen LogP contribution in [0.2, 0.25) is 0 Å². The maximum Gasteiger partial charge on any atom is 0.260 e. The van der Waals surface area contributed by atoms with Crippen LogP contribution in [0.5, 0.6) is 5.75 Å². The topological polar surface area (TPSA) is 70.2 Å². The van der Waals surface area contributed by atoms with E-state index >= 15 is 0 Å². The molecule has 0 bridgehead atoms. The van der Waals surface area contributed by atoms with Crippen molar-refractivity contribution in [2.24, 2.45) is 0 Å². The fourth-order valence-electron chi connectivity index (χ4n) is 2.44. The minimum Gasteiger partial charge on any atom is -0.483 e. The van der Waals surface area contributed by atoms with Gasteiger partial charge in [-0.15, -0.1) is 0 Å². The lowest BCUT2D eigenvalue weighted by Crippen LogP contribution is -2.48. The molecule has 7 nitrogen and oxygen atoms in total. The van der Waals surface area contributed by atoms with E-state index in [0.29, 0.717) is 24.4 Å². The number of likely N-dealkylation sites (N-methyl/N-ethyl adjacent to an activating group) is 1. The van der Waals surface area contributed by atoms with Gasteiger partial charge in [0, 0.05) is 40.3 Å². The van der Waals surface area contributed by atoms with Gasteiger partial charge in [0.25, 0.3) is 5.91 Å². The molecule has 2 rings (SSSR count). The molecule has 1 aromatic rings. The van der Waals surface area contributed by atoms with Crippen molar-refractivity contribution in [3.05, 3.63) is 23.8 Å². The van der Waals surface area contributed by atoms with Gasteiger partial charge in [0.1, 0.15) is 5.75 Å². The summed E-state index contributed by atoms with van der Waals surface area (Å²) in [5, 5.41) is 0. The molecule has 1 fully saturated rings. The molecule has 8 heteroatoms. The highest BCUT2D eigenvalue weighted by atomic mass is 32.2. The number of rotatable bonds is 5. The zero-order chi connectivity index (χ0) is 17.9. The van der Waals surface area contributed by atoms with Crippen molar-refractivity contribution in [2.75, 3.05) is 53.9 Å². The fourth-order valence-corrected chi connectivity index (χ4v) is 3.43. The number of piperazine rings is 1. The number of benzene rings is 1. The van der Waals surface area contributed by atoms with E-state index in [-0.39, 0.29) is 17.4 Å². The van der Waals surface area contributed by atoms with Crippen molar-refractivity contribution in [1.29, 1.82) is 0 Å². The quantitative estimate of drug-likeness (QED) is 0.765. The maximum atomic E-state index is 12.2. The van der Waals surface area contributed by atoms with Crippen molar-refractivity contribution >= 4 is 15.9 Å². The Hall–Kier alpha value is -1.64. The molecule has 1 amide bonds.